The maximum absolute atomic E-state index is 12.6. The molecule has 2 unspecified atom stereocenters. The van der Waals surface area contributed by atoms with Crippen LogP contribution in [0.4, 0.5) is 0 Å². The number of nitrogens with zero attached hydrogens (tertiary/aromatic N) is 2. The fraction of sp³-hybridized carbons (Fsp3) is 0.667. The Bertz CT molecular complexity index is 573. The predicted octanol–water partition coefficient (Wildman–Crippen LogP) is 1.61. The van der Waals surface area contributed by atoms with Crippen molar-refractivity contribution in [2.75, 3.05) is 19.6 Å². The van der Waals surface area contributed by atoms with Crippen LogP contribution in [0.5, 0.6) is 0 Å². The molecule has 1 saturated carbocycles. The van der Waals surface area contributed by atoms with Gasteiger partial charge in [-0.05, 0) is 42.9 Å². The summed E-state index contributed by atoms with van der Waals surface area (Å²) >= 11 is 0. The van der Waals surface area contributed by atoms with E-state index < -0.39 is 10.0 Å². The average molecular weight is 309 g/mol. The van der Waals surface area contributed by atoms with E-state index in [1.807, 2.05) is 13.0 Å². The molecule has 2 fully saturated rings. The second kappa shape index (κ2) is 6.02. The van der Waals surface area contributed by atoms with Crippen LogP contribution in [0.1, 0.15) is 31.7 Å². The number of aromatic nitrogens is 1. The molecule has 0 bridgehead atoms. The molecule has 1 aliphatic carbocycles. The highest BCUT2D eigenvalue weighted by Gasteiger charge is 2.41. The van der Waals surface area contributed by atoms with Crippen LogP contribution >= 0.6 is 0 Å². The zero-order chi connectivity index (χ0) is 14.9. The van der Waals surface area contributed by atoms with Crippen LogP contribution in [0.15, 0.2) is 23.4 Å². The molecule has 3 rings (SSSR count). The van der Waals surface area contributed by atoms with Crippen LogP contribution in [0.25, 0.3) is 0 Å². The molecule has 1 aromatic heterocycles. The maximum Gasteiger partial charge on any atom is 0.260 e. The molecule has 5 nitrogen and oxygen atoms in total. The van der Waals surface area contributed by atoms with E-state index in [0.717, 1.165) is 18.7 Å². The first-order chi connectivity index (χ1) is 10.1. The minimum atomic E-state index is -3.42. The van der Waals surface area contributed by atoms with Gasteiger partial charge in [0.15, 0.2) is 5.03 Å². The van der Waals surface area contributed by atoms with Crippen LogP contribution in [0.3, 0.4) is 0 Å². The summed E-state index contributed by atoms with van der Waals surface area (Å²) in [6.45, 7) is 4.99. The van der Waals surface area contributed by atoms with Gasteiger partial charge in [0.05, 0.1) is 0 Å². The van der Waals surface area contributed by atoms with Crippen molar-refractivity contribution in [2.45, 2.75) is 37.8 Å². The van der Waals surface area contributed by atoms with Gasteiger partial charge < -0.3 is 5.32 Å². The highest BCUT2D eigenvalue weighted by Crippen LogP contribution is 2.39. The summed E-state index contributed by atoms with van der Waals surface area (Å²) in [5, 5.41) is 3.39. The normalized spacial score (nSPS) is 26.1. The second-order valence-electron chi connectivity index (χ2n) is 6.06. The molecule has 2 atom stereocenters. The summed E-state index contributed by atoms with van der Waals surface area (Å²) in [5.41, 5.74) is 1.01. The quantitative estimate of drug-likeness (QED) is 0.897. The standard InChI is InChI=1S/C15H23N3O2S/c1-2-16-8-12-6-7-15(17-9-12)21(19,20)18-10-13-4-3-5-14(13)11-18/h6-7,9,13-14,16H,2-5,8,10-11H2,1H3. The van der Waals surface area contributed by atoms with E-state index in [2.05, 4.69) is 10.3 Å². The molecule has 2 aliphatic rings. The summed E-state index contributed by atoms with van der Waals surface area (Å²) in [7, 11) is -3.42. The van der Waals surface area contributed by atoms with Crippen LogP contribution in [-0.2, 0) is 16.6 Å². The first-order valence-corrected chi connectivity index (χ1v) is 9.21. The number of pyridine rings is 1. The smallest absolute Gasteiger partial charge is 0.260 e. The lowest BCUT2D eigenvalue weighted by molar-refractivity contribution is 0.443. The zero-order valence-electron chi connectivity index (χ0n) is 12.5. The molecule has 1 saturated heterocycles. The van der Waals surface area contributed by atoms with E-state index >= 15 is 0 Å². The molecule has 1 aromatic rings. The van der Waals surface area contributed by atoms with Crippen LogP contribution < -0.4 is 5.32 Å². The molecule has 1 N–H and O–H groups in total. The second-order valence-corrected chi connectivity index (χ2v) is 7.94. The van der Waals surface area contributed by atoms with Crippen molar-refractivity contribution in [3.05, 3.63) is 23.9 Å². The average Bonchev–Trinajstić information content (AvgIpc) is 3.07. The zero-order valence-corrected chi connectivity index (χ0v) is 13.3. The van der Waals surface area contributed by atoms with Gasteiger partial charge in [-0.15, -0.1) is 0 Å². The van der Waals surface area contributed by atoms with E-state index in [1.54, 1.807) is 16.6 Å². The lowest BCUT2D eigenvalue weighted by atomic mass is 10.0. The Morgan fingerprint density at radius 3 is 2.57 bits per heavy atom. The Morgan fingerprint density at radius 2 is 2.00 bits per heavy atom. The number of rotatable bonds is 5. The molecule has 0 spiro atoms. The number of hydrogen-bond acceptors (Lipinski definition) is 4. The molecule has 116 valence electrons. The van der Waals surface area contributed by atoms with Crippen molar-refractivity contribution >= 4 is 10.0 Å². The van der Waals surface area contributed by atoms with Gasteiger partial charge >= 0.3 is 0 Å². The fourth-order valence-corrected chi connectivity index (χ4v) is 4.92. The highest BCUT2D eigenvalue weighted by atomic mass is 32.2. The Labute approximate surface area is 126 Å². The van der Waals surface area contributed by atoms with E-state index in [-0.39, 0.29) is 5.03 Å². The van der Waals surface area contributed by atoms with Crippen LogP contribution in [0.2, 0.25) is 0 Å². The number of sulfonamides is 1. The van der Waals surface area contributed by atoms with E-state index in [9.17, 15) is 8.42 Å². The predicted molar refractivity (Wildman–Crippen MR) is 81.2 cm³/mol. The lowest BCUT2D eigenvalue weighted by Gasteiger charge is -2.16. The van der Waals surface area contributed by atoms with Crippen molar-refractivity contribution in [2.24, 2.45) is 11.8 Å². The molecule has 6 heteroatoms. The number of hydrogen-bond donors (Lipinski definition) is 1. The van der Waals surface area contributed by atoms with Crippen molar-refractivity contribution in [1.82, 2.24) is 14.6 Å². The van der Waals surface area contributed by atoms with Gasteiger partial charge in [0.25, 0.3) is 10.0 Å². The third kappa shape index (κ3) is 2.98. The van der Waals surface area contributed by atoms with Crippen LogP contribution in [-0.4, -0.2) is 37.3 Å². The summed E-state index contributed by atoms with van der Waals surface area (Å²) in [5.74, 6) is 1.13. The Morgan fingerprint density at radius 1 is 1.29 bits per heavy atom. The first kappa shape index (κ1) is 14.9. The van der Waals surface area contributed by atoms with Gasteiger partial charge in [-0.25, -0.2) is 13.4 Å². The topological polar surface area (TPSA) is 62.3 Å². The molecular formula is C15H23N3O2S. The minimum Gasteiger partial charge on any atom is -0.313 e. The summed E-state index contributed by atoms with van der Waals surface area (Å²) in [4.78, 5) is 4.17. The SMILES string of the molecule is CCNCc1ccc(S(=O)(=O)N2CC3CCCC3C2)nc1. The number of fused-ring (bicyclic) bond motifs is 1. The van der Waals surface area contributed by atoms with E-state index in [0.29, 0.717) is 24.9 Å². The summed E-state index contributed by atoms with van der Waals surface area (Å²) in [6.07, 6.45) is 5.25. The third-order valence-corrected chi connectivity index (χ3v) is 6.42. The van der Waals surface area contributed by atoms with Crippen molar-refractivity contribution in [3.8, 4) is 0 Å². The van der Waals surface area contributed by atoms with Gasteiger partial charge in [0, 0.05) is 25.8 Å². The fourth-order valence-electron chi connectivity index (χ4n) is 3.46. The van der Waals surface area contributed by atoms with Gasteiger partial charge in [0.2, 0.25) is 0 Å². The Kier molecular flexibility index (Phi) is 4.28. The van der Waals surface area contributed by atoms with Crippen LogP contribution in [0, 0.1) is 11.8 Å². The van der Waals surface area contributed by atoms with Gasteiger partial charge in [0.1, 0.15) is 0 Å². The lowest BCUT2D eigenvalue weighted by Crippen LogP contribution is -2.30. The molecular weight excluding hydrogens is 286 g/mol. The van der Waals surface area contributed by atoms with Crippen molar-refractivity contribution < 1.29 is 8.42 Å². The first-order valence-electron chi connectivity index (χ1n) is 7.77. The van der Waals surface area contributed by atoms with E-state index in [4.69, 9.17) is 0 Å². The van der Waals surface area contributed by atoms with Crippen molar-refractivity contribution in [1.29, 1.82) is 0 Å². The molecule has 0 amide bonds. The molecule has 0 aromatic carbocycles. The Hall–Kier alpha value is -0.980. The summed E-state index contributed by atoms with van der Waals surface area (Å²) in [6, 6.07) is 3.48. The maximum atomic E-state index is 12.6. The van der Waals surface area contributed by atoms with Gasteiger partial charge in [-0.3, -0.25) is 0 Å². The highest BCUT2D eigenvalue weighted by molar-refractivity contribution is 7.89. The van der Waals surface area contributed by atoms with Gasteiger partial charge in [-0.2, -0.15) is 4.31 Å². The van der Waals surface area contributed by atoms with Gasteiger partial charge in [-0.1, -0.05) is 19.4 Å². The molecule has 0 radical (unpaired) electrons. The Balaban J connectivity index is 1.73. The largest absolute Gasteiger partial charge is 0.313 e. The third-order valence-electron chi connectivity index (χ3n) is 4.67. The van der Waals surface area contributed by atoms with E-state index in [1.165, 1.54) is 19.3 Å². The molecule has 21 heavy (non-hydrogen) atoms. The van der Waals surface area contributed by atoms with Crippen molar-refractivity contribution in [3.63, 3.8) is 0 Å². The molecule has 1 aliphatic heterocycles. The monoisotopic (exact) mass is 309 g/mol. The summed E-state index contributed by atoms with van der Waals surface area (Å²) < 4.78 is 26.9. The molecule has 2 heterocycles. The minimum absolute atomic E-state index is 0.183. The number of nitrogens with one attached hydrogen (secondary N) is 1.